The molecule has 0 saturated heterocycles. The first-order valence-electron chi connectivity index (χ1n) is 10.2. The lowest BCUT2D eigenvalue weighted by Gasteiger charge is -2.11. The van der Waals surface area contributed by atoms with E-state index in [1.807, 2.05) is 62.5 Å². The van der Waals surface area contributed by atoms with Crippen LogP contribution in [0.4, 0.5) is 0 Å². The fourth-order valence-corrected chi connectivity index (χ4v) is 3.49. The largest absolute Gasteiger partial charge is 0.439 e. The van der Waals surface area contributed by atoms with Crippen LogP contribution in [-0.4, -0.2) is 16.0 Å². The van der Waals surface area contributed by atoms with Crippen LogP contribution in [0.2, 0.25) is 0 Å². The van der Waals surface area contributed by atoms with Gasteiger partial charge in [0.05, 0.1) is 17.5 Å². The molecule has 0 aliphatic heterocycles. The molecule has 4 rings (SSSR count). The van der Waals surface area contributed by atoms with E-state index in [2.05, 4.69) is 47.5 Å². The summed E-state index contributed by atoms with van der Waals surface area (Å²) in [6.07, 6.45) is 1.66. The van der Waals surface area contributed by atoms with Gasteiger partial charge in [0.2, 0.25) is 5.88 Å². The second-order valence-corrected chi connectivity index (χ2v) is 7.31. The predicted molar refractivity (Wildman–Crippen MR) is 123 cm³/mol. The SMILES string of the molecule is Cc1nn(C)c(Oc2ccccc2)c1/C=N/OCc1cccc(-c2ccccc2)c1C. The molecule has 0 aliphatic carbocycles. The van der Waals surface area contributed by atoms with Gasteiger partial charge in [-0.25, -0.2) is 4.68 Å². The third-order valence-electron chi connectivity index (χ3n) is 5.18. The lowest BCUT2D eigenvalue weighted by molar-refractivity contribution is 0.131. The second-order valence-electron chi connectivity index (χ2n) is 7.31. The first-order valence-corrected chi connectivity index (χ1v) is 10.2. The topological polar surface area (TPSA) is 48.6 Å². The Bertz CT molecular complexity index is 1180. The highest BCUT2D eigenvalue weighted by molar-refractivity contribution is 5.84. The third kappa shape index (κ3) is 4.67. The number of aryl methyl sites for hydroxylation is 2. The first-order chi connectivity index (χ1) is 15.1. The molecule has 0 bridgehead atoms. The summed E-state index contributed by atoms with van der Waals surface area (Å²) >= 11 is 0. The van der Waals surface area contributed by atoms with Gasteiger partial charge in [0.25, 0.3) is 0 Å². The highest BCUT2D eigenvalue weighted by Crippen LogP contribution is 2.27. The Kier molecular flexibility index (Phi) is 6.13. The van der Waals surface area contributed by atoms with Gasteiger partial charge in [0, 0.05) is 7.05 Å². The Morgan fingerprint density at radius 3 is 2.35 bits per heavy atom. The monoisotopic (exact) mass is 411 g/mol. The van der Waals surface area contributed by atoms with Crippen LogP contribution in [0.25, 0.3) is 11.1 Å². The van der Waals surface area contributed by atoms with Crippen molar-refractivity contribution < 1.29 is 9.57 Å². The molecule has 156 valence electrons. The molecule has 0 spiro atoms. The van der Waals surface area contributed by atoms with Crippen molar-refractivity contribution in [1.29, 1.82) is 0 Å². The number of hydrogen-bond acceptors (Lipinski definition) is 4. The molecule has 0 atom stereocenters. The van der Waals surface area contributed by atoms with E-state index in [4.69, 9.17) is 9.57 Å². The molecule has 0 aliphatic rings. The zero-order chi connectivity index (χ0) is 21.6. The van der Waals surface area contributed by atoms with Crippen molar-refractivity contribution in [3.05, 3.63) is 101 Å². The molecule has 1 heterocycles. The first kappa shape index (κ1) is 20.4. The lowest BCUT2D eigenvalue weighted by Crippen LogP contribution is -1.97. The minimum atomic E-state index is 0.386. The van der Waals surface area contributed by atoms with Gasteiger partial charge in [0.15, 0.2) is 0 Å². The molecule has 0 N–H and O–H groups in total. The average Bonchev–Trinajstić information content (AvgIpc) is 3.06. The van der Waals surface area contributed by atoms with E-state index in [9.17, 15) is 0 Å². The highest BCUT2D eigenvalue weighted by atomic mass is 16.6. The molecular formula is C26H25N3O2. The number of aromatic nitrogens is 2. The van der Waals surface area contributed by atoms with Gasteiger partial charge in [0.1, 0.15) is 12.4 Å². The summed E-state index contributed by atoms with van der Waals surface area (Å²) in [6.45, 7) is 4.42. The number of nitrogens with zero attached hydrogens (tertiary/aromatic N) is 3. The number of hydrogen-bond donors (Lipinski definition) is 0. The standard InChI is InChI=1S/C26H25N3O2/c1-19-22(13-10-16-24(19)21-11-6-4-7-12-21)18-30-27-17-25-20(2)28-29(3)26(25)31-23-14-8-5-9-15-23/h4-17H,18H2,1-3H3/b27-17+. The fraction of sp³-hybridized carbons (Fsp3) is 0.154. The van der Waals surface area contributed by atoms with E-state index < -0.39 is 0 Å². The van der Waals surface area contributed by atoms with Gasteiger partial charge >= 0.3 is 0 Å². The molecule has 3 aromatic carbocycles. The van der Waals surface area contributed by atoms with Crippen LogP contribution in [0.5, 0.6) is 11.6 Å². The third-order valence-corrected chi connectivity index (χ3v) is 5.18. The molecule has 0 radical (unpaired) electrons. The summed E-state index contributed by atoms with van der Waals surface area (Å²) in [5.41, 5.74) is 6.30. The van der Waals surface area contributed by atoms with Gasteiger partial charge in [-0.15, -0.1) is 0 Å². The van der Waals surface area contributed by atoms with E-state index in [0.29, 0.717) is 12.5 Å². The molecule has 4 aromatic rings. The smallest absolute Gasteiger partial charge is 0.226 e. The lowest BCUT2D eigenvalue weighted by atomic mass is 9.97. The molecule has 1 aromatic heterocycles. The number of para-hydroxylation sites is 1. The predicted octanol–water partition coefficient (Wildman–Crippen LogP) is 6.05. The maximum atomic E-state index is 6.01. The minimum absolute atomic E-state index is 0.386. The maximum Gasteiger partial charge on any atom is 0.226 e. The average molecular weight is 412 g/mol. The summed E-state index contributed by atoms with van der Waals surface area (Å²) in [7, 11) is 1.85. The normalized spacial score (nSPS) is 11.1. The van der Waals surface area contributed by atoms with Crippen LogP contribution in [-0.2, 0) is 18.5 Å². The van der Waals surface area contributed by atoms with Crippen LogP contribution in [0.1, 0.15) is 22.4 Å². The van der Waals surface area contributed by atoms with Gasteiger partial charge in [-0.3, -0.25) is 0 Å². The Hall–Kier alpha value is -3.86. The zero-order valence-corrected chi connectivity index (χ0v) is 17.9. The van der Waals surface area contributed by atoms with Crippen LogP contribution in [0.15, 0.2) is 84.0 Å². The molecule has 5 heteroatoms. The molecule has 0 amide bonds. The Morgan fingerprint density at radius 1 is 0.903 bits per heavy atom. The van der Waals surface area contributed by atoms with E-state index >= 15 is 0 Å². The molecule has 0 fully saturated rings. The van der Waals surface area contributed by atoms with Crippen LogP contribution >= 0.6 is 0 Å². The van der Waals surface area contributed by atoms with Crippen molar-refractivity contribution in [2.45, 2.75) is 20.5 Å². The van der Waals surface area contributed by atoms with Crippen molar-refractivity contribution in [2.75, 3.05) is 0 Å². The van der Waals surface area contributed by atoms with Gasteiger partial charge in [-0.2, -0.15) is 5.10 Å². The maximum absolute atomic E-state index is 6.01. The molecule has 5 nitrogen and oxygen atoms in total. The van der Waals surface area contributed by atoms with Gasteiger partial charge in [-0.1, -0.05) is 71.9 Å². The van der Waals surface area contributed by atoms with Crippen molar-refractivity contribution in [2.24, 2.45) is 12.2 Å². The number of rotatable bonds is 7. The Balaban J connectivity index is 1.48. The van der Waals surface area contributed by atoms with Gasteiger partial charge < -0.3 is 9.57 Å². The highest BCUT2D eigenvalue weighted by Gasteiger charge is 2.14. The van der Waals surface area contributed by atoms with Crippen molar-refractivity contribution in [3.8, 4) is 22.8 Å². The molecule has 31 heavy (non-hydrogen) atoms. The Labute approximate surface area is 182 Å². The second kappa shape index (κ2) is 9.30. The van der Waals surface area contributed by atoms with Crippen LogP contribution < -0.4 is 4.74 Å². The molecule has 0 unspecified atom stereocenters. The Morgan fingerprint density at radius 2 is 1.61 bits per heavy atom. The van der Waals surface area contributed by atoms with E-state index in [-0.39, 0.29) is 0 Å². The van der Waals surface area contributed by atoms with Gasteiger partial charge in [-0.05, 0) is 48.2 Å². The number of benzene rings is 3. The van der Waals surface area contributed by atoms with E-state index in [1.54, 1.807) is 10.9 Å². The zero-order valence-electron chi connectivity index (χ0n) is 17.9. The summed E-state index contributed by atoms with van der Waals surface area (Å²) in [6, 6.07) is 26.2. The molecule has 0 saturated carbocycles. The minimum Gasteiger partial charge on any atom is -0.439 e. The summed E-state index contributed by atoms with van der Waals surface area (Å²) in [5.74, 6) is 1.37. The molecular weight excluding hydrogens is 386 g/mol. The summed E-state index contributed by atoms with van der Waals surface area (Å²) in [5, 5.41) is 8.65. The van der Waals surface area contributed by atoms with Crippen LogP contribution in [0.3, 0.4) is 0 Å². The van der Waals surface area contributed by atoms with Crippen molar-refractivity contribution in [1.82, 2.24) is 9.78 Å². The fourth-order valence-electron chi connectivity index (χ4n) is 3.49. The number of ether oxygens (including phenoxy) is 1. The van der Waals surface area contributed by atoms with Crippen molar-refractivity contribution in [3.63, 3.8) is 0 Å². The quantitative estimate of drug-likeness (QED) is 0.275. The van der Waals surface area contributed by atoms with Crippen LogP contribution in [0, 0.1) is 13.8 Å². The summed E-state index contributed by atoms with van der Waals surface area (Å²) in [4.78, 5) is 5.64. The van der Waals surface area contributed by atoms with E-state index in [1.165, 1.54) is 16.7 Å². The number of oxime groups is 1. The summed E-state index contributed by atoms with van der Waals surface area (Å²) < 4.78 is 7.72. The van der Waals surface area contributed by atoms with E-state index in [0.717, 1.165) is 22.6 Å². The van der Waals surface area contributed by atoms with Crippen molar-refractivity contribution >= 4 is 6.21 Å².